The third-order valence-corrected chi connectivity index (χ3v) is 3.41. The fourth-order valence-electron chi connectivity index (χ4n) is 1.44. The molecule has 96 valence electrons. The number of ether oxygens (including phenoxy) is 1. The summed E-state index contributed by atoms with van der Waals surface area (Å²) in [5.74, 6) is 0.440. The zero-order chi connectivity index (χ0) is 13.1. The number of anilines is 2. The van der Waals surface area contributed by atoms with E-state index in [1.54, 1.807) is 12.1 Å². The van der Waals surface area contributed by atoms with Crippen molar-refractivity contribution in [3.8, 4) is 5.75 Å². The maximum absolute atomic E-state index is 13.0. The van der Waals surface area contributed by atoms with E-state index >= 15 is 0 Å². The van der Waals surface area contributed by atoms with Gasteiger partial charge in [-0.2, -0.15) is 4.37 Å². The van der Waals surface area contributed by atoms with E-state index in [9.17, 15) is 4.39 Å². The third kappa shape index (κ3) is 2.65. The summed E-state index contributed by atoms with van der Waals surface area (Å²) in [6.45, 7) is 0.484. The average molecular weight is 288 g/mol. The number of nitrogens with one attached hydrogen (secondary N) is 1. The second-order valence-corrected chi connectivity index (χ2v) is 4.71. The molecule has 1 aromatic carbocycles. The first kappa shape index (κ1) is 12.9. The molecule has 1 heterocycles. The van der Waals surface area contributed by atoms with Crippen LogP contribution in [0.2, 0.25) is 5.02 Å². The van der Waals surface area contributed by atoms with Gasteiger partial charge in [0, 0.05) is 6.54 Å². The van der Waals surface area contributed by atoms with Crippen LogP contribution in [-0.4, -0.2) is 11.5 Å². The Balaban J connectivity index is 2.09. The summed E-state index contributed by atoms with van der Waals surface area (Å²) in [6.07, 6.45) is 0. The molecule has 2 aromatic rings. The maximum Gasteiger partial charge on any atom is 0.197 e. The van der Waals surface area contributed by atoms with Crippen molar-refractivity contribution in [1.29, 1.82) is 0 Å². The molecular formula is C11H11ClFN3OS. The first-order valence-corrected chi connectivity index (χ1v) is 6.24. The van der Waals surface area contributed by atoms with Crippen LogP contribution in [0.15, 0.2) is 18.2 Å². The molecule has 0 unspecified atom stereocenters. The minimum absolute atomic E-state index is 0.102. The van der Waals surface area contributed by atoms with Gasteiger partial charge in [-0.1, -0.05) is 17.7 Å². The van der Waals surface area contributed by atoms with Gasteiger partial charge in [-0.05, 0) is 29.2 Å². The standard InChI is InChI=1S/C11H11ClFN3OS/c1-17-9-10(14)16-18-11(9)15-5-6-2-3-8(13)7(12)4-6/h2-4,15H,5H2,1H3,(H2,14,16). The van der Waals surface area contributed by atoms with Crippen molar-refractivity contribution >= 4 is 34.0 Å². The van der Waals surface area contributed by atoms with Crippen LogP contribution in [0.5, 0.6) is 5.75 Å². The first-order chi connectivity index (χ1) is 8.61. The predicted molar refractivity (Wildman–Crippen MR) is 71.8 cm³/mol. The minimum Gasteiger partial charge on any atom is -0.490 e. The molecule has 18 heavy (non-hydrogen) atoms. The van der Waals surface area contributed by atoms with Crippen LogP contribution in [0.25, 0.3) is 0 Å². The highest BCUT2D eigenvalue weighted by molar-refractivity contribution is 7.11. The van der Waals surface area contributed by atoms with Crippen LogP contribution in [-0.2, 0) is 6.54 Å². The Morgan fingerprint density at radius 1 is 1.56 bits per heavy atom. The Bertz CT molecular complexity index is 561. The molecule has 0 amide bonds. The number of methoxy groups -OCH3 is 1. The van der Waals surface area contributed by atoms with Gasteiger partial charge in [0.25, 0.3) is 0 Å². The van der Waals surface area contributed by atoms with Gasteiger partial charge in [0.2, 0.25) is 0 Å². The fourth-order valence-corrected chi connectivity index (χ4v) is 2.32. The van der Waals surface area contributed by atoms with Crippen LogP contribution in [0, 0.1) is 5.82 Å². The van der Waals surface area contributed by atoms with Crippen molar-refractivity contribution in [1.82, 2.24) is 4.37 Å². The normalized spacial score (nSPS) is 10.4. The largest absolute Gasteiger partial charge is 0.490 e. The summed E-state index contributed by atoms with van der Waals surface area (Å²) >= 11 is 6.91. The Kier molecular flexibility index (Phi) is 3.88. The molecule has 0 fully saturated rings. The summed E-state index contributed by atoms with van der Waals surface area (Å²) in [5.41, 5.74) is 6.49. The molecule has 0 radical (unpaired) electrons. The van der Waals surface area contributed by atoms with Crippen molar-refractivity contribution < 1.29 is 9.13 Å². The molecular weight excluding hydrogens is 277 g/mol. The van der Waals surface area contributed by atoms with Crippen LogP contribution in [0.4, 0.5) is 15.2 Å². The molecule has 3 N–H and O–H groups in total. The average Bonchev–Trinajstić information content (AvgIpc) is 2.71. The summed E-state index contributed by atoms with van der Waals surface area (Å²) in [6, 6.07) is 4.56. The van der Waals surface area contributed by atoms with Gasteiger partial charge in [-0.3, -0.25) is 0 Å². The van der Waals surface area contributed by atoms with E-state index < -0.39 is 5.82 Å². The van der Waals surface area contributed by atoms with Crippen LogP contribution >= 0.6 is 23.1 Å². The molecule has 1 aromatic heterocycles. The van der Waals surface area contributed by atoms with E-state index in [1.165, 1.54) is 24.7 Å². The molecule has 7 heteroatoms. The molecule has 2 rings (SSSR count). The Hall–Kier alpha value is -1.53. The van der Waals surface area contributed by atoms with E-state index in [0.29, 0.717) is 18.1 Å². The molecule has 0 saturated heterocycles. The maximum atomic E-state index is 13.0. The number of benzene rings is 1. The Labute approximate surface area is 113 Å². The highest BCUT2D eigenvalue weighted by atomic mass is 35.5. The van der Waals surface area contributed by atoms with Crippen molar-refractivity contribution in [3.63, 3.8) is 0 Å². The van der Waals surface area contributed by atoms with Crippen molar-refractivity contribution in [2.24, 2.45) is 0 Å². The zero-order valence-electron chi connectivity index (χ0n) is 9.54. The molecule has 0 aliphatic carbocycles. The lowest BCUT2D eigenvalue weighted by Gasteiger charge is -2.06. The molecule has 0 atom stereocenters. The van der Waals surface area contributed by atoms with Gasteiger partial charge >= 0.3 is 0 Å². The van der Waals surface area contributed by atoms with E-state index in [4.69, 9.17) is 22.1 Å². The van der Waals surface area contributed by atoms with Crippen molar-refractivity contribution in [2.45, 2.75) is 6.54 Å². The van der Waals surface area contributed by atoms with Crippen LogP contribution in [0.1, 0.15) is 5.56 Å². The first-order valence-electron chi connectivity index (χ1n) is 5.08. The molecule has 0 aliphatic rings. The second-order valence-electron chi connectivity index (χ2n) is 3.53. The Morgan fingerprint density at radius 2 is 2.33 bits per heavy atom. The van der Waals surface area contributed by atoms with Crippen LogP contribution in [0.3, 0.4) is 0 Å². The van der Waals surface area contributed by atoms with Gasteiger partial charge in [0.1, 0.15) is 5.82 Å². The van der Waals surface area contributed by atoms with Gasteiger partial charge in [-0.15, -0.1) is 0 Å². The van der Waals surface area contributed by atoms with Gasteiger partial charge in [0.05, 0.1) is 12.1 Å². The number of nitrogens with two attached hydrogens (primary N) is 1. The summed E-state index contributed by atoms with van der Waals surface area (Å²) < 4.78 is 22.1. The number of aromatic nitrogens is 1. The number of halogens is 2. The van der Waals surface area contributed by atoms with E-state index in [2.05, 4.69) is 9.69 Å². The molecule has 4 nitrogen and oxygen atoms in total. The SMILES string of the molecule is COc1c(N)nsc1NCc1ccc(F)c(Cl)c1. The lowest BCUT2D eigenvalue weighted by atomic mass is 10.2. The van der Waals surface area contributed by atoms with Crippen molar-refractivity contribution in [2.75, 3.05) is 18.2 Å². The quantitative estimate of drug-likeness (QED) is 0.907. The molecule has 0 aliphatic heterocycles. The molecule has 0 spiro atoms. The lowest BCUT2D eigenvalue weighted by Crippen LogP contribution is -2.00. The number of nitrogen functional groups attached to an aromatic ring is 1. The topological polar surface area (TPSA) is 60.2 Å². The predicted octanol–water partition coefficient (Wildman–Crippen LogP) is 3.14. The smallest absolute Gasteiger partial charge is 0.197 e. The minimum atomic E-state index is -0.431. The Morgan fingerprint density at radius 3 is 3.00 bits per heavy atom. The fraction of sp³-hybridized carbons (Fsp3) is 0.182. The van der Waals surface area contributed by atoms with E-state index in [0.717, 1.165) is 10.6 Å². The van der Waals surface area contributed by atoms with Gasteiger partial charge < -0.3 is 15.8 Å². The summed E-state index contributed by atoms with van der Waals surface area (Å²) in [7, 11) is 1.53. The monoisotopic (exact) mass is 287 g/mol. The van der Waals surface area contributed by atoms with Gasteiger partial charge in [-0.25, -0.2) is 4.39 Å². The third-order valence-electron chi connectivity index (χ3n) is 2.32. The zero-order valence-corrected chi connectivity index (χ0v) is 11.1. The second kappa shape index (κ2) is 5.41. The summed E-state index contributed by atoms with van der Waals surface area (Å²) in [4.78, 5) is 0. The molecule has 0 saturated carbocycles. The van der Waals surface area contributed by atoms with Gasteiger partial charge in [0.15, 0.2) is 16.6 Å². The van der Waals surface area contributed by atoms with Crippen LogP contribution < -0.4 is 15.8 Å². The highest BCUT2D eigenvalue weighted by Crippen LogP contribution is 2.35. The number of nitrogens with zero attached hydrogens (tertiary/aromatic N) is 1. The number of hydrogen-bond donors (Lipinski definition) is 2. The lowest BCUT2D eigenvalue weighted by molar-refractivity contribution is 0.419. The van der Waals surface area contributed by atoms with Crippen molar-refractivity contribution in [3.05, 3.63) is 34.6 Å². The molecule has 0 bridgehead atoms. The highest BCUT2D eigenvalue weighted by Gasteiger charge is 2.11. The summed E-state index contributed by atoms with van der Waals surface area (Å²) in [5, 5.41) is 3.95. The van der Waals surface area contributed by atoms with E-state index in [1.807, 2.05) is 0 Å². The van der Waals surface area contributed by atoms with E-state index in [-0.39, 0.29) is 5.02 Å². The number of rotatable bonds is 4. The number of hydrogen-bond acceptors (Lipinski definition) is 5.